The lowest BCUT2D eigenvalue weighted by Crippen LogP contribution is -2.18. The van der Waals surface area contributed by atoms with Crippen molar-refractivity contribution in [2.75, 3.05) is 13.2 Å². The number of carbonyl (C=O) groups excluding carboxylic acids is 2. The molecule has 0 aliphatic heterocycles. The average Bonchev–Trinajstić information content (AvgIpc) is 3.62. The summed E-state index contributed by atoms with van der Waals surface area (Å²) in [5.74, 6) is -0.0759. The predicted molar refractivity (Wildman–Crippen MR) is 141 cm³/mol. The summed E-state index contributed by atoms with van der Waals surface area (Å²) in [6.45, 7) is 3.67. The molecule has 194 valence electrons. The second kappa shape index (κ2) is 12.0. The maximum atomic E-state index is 12.3. The van der Waals surface area contributed by atoms with Crippen molar-refractivity contribution in [3.63, 3.8) is 0 Å². The third kappa shape index (κ3) is 6.29. The van der Waals surface area contributed by atoms with Gasteiger partial charge in [0.2, 0.25) is 0 Å². The number of esters is 2. The largest absolute Gasteiger partial charge is 0.489 e. The van der Waals surface area contributed by atoms with Gasteiger partial charge in [-0.1, -0.05) is 46.0 Å². The Morgan fingerprint density at radius 2 is 1.65 bits per heavy atom. The number of halogens is 3. The van der Waals surface area contributed by atoms with E-state index in [-0.39, 0.29) is 36.3 Å². The highest BCUT2D eigenvalue weighted by Crippen LogP contribution is 2.46. The van der Waals surface area contributed by atoms with Crippen molar-refractivity contribution in [2.45, 2.75) is 39.2 Å². The number of hydrogen-bond acceptors (Lipinski definition) is 7. The van der Waals surface area contributed by atoms with Gasteiger partial charge in [-0.15, -0.1) is 0 Å². The summed E-state index contributed by atoms with van der Waals surface area (Å²) < 4.78 is 21.7. The van der Waals surface area contributed by atoms with E-state index in [9.17, 15) is 9.59 Å². The van der Waals surface area contributed by atoms with E-state index in [1.807, 2.05) is 0 Å². The third-order valence-electron chi connectivity index (χ3n) is 5.61. The van der Waals surface area contributed by atoms with Gasteiger partial charge in [-0.2, -0.15) is 0 Å². The van der Waals surface area contributed by atoms with Crippen LogP contribution in [0, 0.1) is 0 Å². The van der Waals surface area contributed by atoms with Crippen LogP contribution in [0.5, 0.6) is 5.75 Å². The number of aromatic nitrogens is 1. The zero-order valence-corrected chi connectivity index (χ0v) is 22.5. The van der Waals surface area contributed by atoms with Crippen molar-refractivity contribution < 1.29 is 28.3 Å². The Morgan fingerprint density at radius 1 is 1.00 bits per heavy atom. The number of benzene rings is 2. The van der Waals surface area contributed by atoms with Crippen LogP contribution in [0.2, 0.25) is 15.1 Å². The molecular formula is C27H24Cl3NO6. The second-order valence-corrected chi connectivity index (χ2v) is 9.44. The summed E-state index contributed by atoms with van der Waals surface area (Å²) in [6.07, 6.45) is 3.35. The van der Waals surface area contributed by atoms with Gasteiger partial charge in [0.25, 0.3) is 0 Å². The standard InChI is InChI=1S/C27H24Cl3NO6/c1-3-34-26(32)18(27(33)35-4-2)12-16-10-11-17(13-22(16)30)36-14-19-24(31-37-25(19)15-8-9-15)23-20(28)6-5-7-21(23)29/h5-7,10-13,15H,3-4,8-9,14H2,1-2H3. The maximum Gasteiger partial charge on any atom is 0.345 e. The molecule has 1 saturated carbocycles. The van der Waals surface area contributed by atoms with Crippen LogP contribution in [0.4, 0.5) is 0 Å². The van der Waals surface area contributed by atoms with E-state index < -0.39 is 11.9 Å². The molecule has 10 heteroatoms. The van der Waals surface area contributed by atoms with Gasteiger partial charge in [-0.05, 0) is 68.7 Å². The zero-order valence-electron chi connectivity index (χ0n) is 20.2. The van der Waals surface area contributed by atoms with Crippen molar-refractivity contribution in [3.8, 4) is 17.0 Å². The smallest absolute Gasteiger partial charge is 0.345 e. The van der Waals surface area contributed by atoms with Gasteiger partial charge in [-0.25, -0.2) is 9.59 Å². The van der Waals surface area contributed by atoms with Crippen molar-refractivity contribution >= 4 is 52.8 Å². The first-order valence-corrected chi connectivity index (χ1v) is 12.9. The highest BCUT2D eigenvalue weighted by Gasteiger charge is 2.33. The summed E-state index contributed by atoms with van der Waals surface area (Å²) in [5.41, 5.74) is 2.07. The first-order chi connectivity index (χ1) is 17.8. The highest BCUT2D eigenvalue weighted by atomic mass is 35.5. The number of carbonyl (C=O) groups is 2. The second-order valence-electron chi connectivity index (χ2n) is 8.22. The molecule has 4 rings (SSSR count). The quantitative estimate of drug-likeness (QED) is 0.111. The normalized spacial score (nSPS) is 12.7. The molecule has 3 aromatic rings. The first kappa shape index (κ1) is 27.0. The summed E-state index contributed by atoms with van der Waals surface area (Å²) in [6, 6.07) is 10.2. The molecule has 0 saturated heterocycles. The molecule has 2 aromatic carbocycles. The number of ether oxygens (including phenoxy) is 3. The van der Waals surface area contributed by atoms with E-state index in [2.05, 4.69) is 5.16 Å². The Bertz CT molecular complexity index is 1310. The Labute approximate surface area is 229 Å². The van der Waals surface area contributed by atoms with Crippen LogP contribution >= 0.6 is 34.8 Å². The fourth-order valence-electron chi connectivity index (χ4n) is 3.69. The minimum atomic E-state index is -0.789. The van der Waals surface area contributed by atoms with Crippen molar-refractivity contribution in [2.24, 2.45) is 0 Å². The molecule has 0 N–H and O–H groups in total. The van der Waals surface area contributed by atoms with Crippen molar-refractivity contribution in [3.05, 3.63) is 73.9 Å². The topological polar surface area (TPSA) is 87.9 Å². The Morgan fingerprint density at radius 3 is 2.22 bits per heavy atom. The maximum absolute atomic E-state index is 12.3. The van der Waals surface area contributed by atoms with Crippen LogP contribution < -0.4 is 4.74 Å². The van der Waals surface area contributed by atoms with Gasteiger partial charge in [0.15, 0.2) is 0 Å². The average molecular weight is 565 g/mol. The van der Waals surface area contributed by atoms with Crippen LogP contribution in [0.1, 0.15) is 49.5 Å². The van der Waals surface area contributed by atoms with Gasteiger partial charge in [0.1, 0.15) is 29.4 Å². The molecule has 0 amide bonds. The molecule has 7 nitrogen and oxygen atoms in total. The molecular weight excluding hydrogens is 541 g/mol. The molecule has 1 heterocycles. The summed E-state index contributed by atoms with van der Waals surface area (Å²) >= 11 is 19.3. The molecule has 1 aliphatic carbocycles. The molecule has 0 atom stereocenters. The lowest BCUT2D eigenvalue weighted by molar-refractivity contribution is -0.146. The number of hydrogen-bond donors (Lipinski definition) is 0. The molecule has 1 aromatic heterocycles. The number of rotatable bonds is 10. The zero-order chi connectivity index (χ0) is 26.5. The van der Waals surface area contributed by atoms with Gasteiger partial charge in [-0.3, -0.25) is 0 Å². The fourth-order valence-corrected chi connectivity index (χ4v) is 4.49. The molecule has 37 heavy (non-hydrogen) atoms. The van der Waals surface area contributed by atoms with Crippen LogP contribution in [0.15, 0.2) is 46.5 Å². The minimum absolute atomic E-state index is 0.114. The van der Waals surface area contributed by atoms with Crippen LogP contribution in [0.25, 0.3) is 17.3 Å². The molecule has 0 spiro atoms. The molecule has 1 fully saturated rings. The summed E-state index contributed by atoms with van der Waals surface area (Å²) in [7, 11) is 0. The van der Waals surface area contributed by atoms with Gasteiger partial charge < -0.3 is 18.7 Å². The van der Waals surface area contributed by atoms with Gasteiger partial charge >= 0.3 is 11.9 Å². The predicted octanol–water partition coefficient (Wildman–Crippen LogP) is 7.27. The first-order valence-electron chi connectivity index (χ1n) is 11.7. The third-order valence-corrected chi connectivity index (χ3v) is 6.57. The number of nitrogens with zero attached hydrogens (tertiary/aromatic N) is 1. The van der Waals surface area contributed by atoms with Gasteiger partial charge in [0, 0.05) is 11.5 Å². The Hall–Kier alpha value is -3.00. The van der Waals surface area contributed by atoms with E-state index in [1.165, 1.54) is 6.08 Å². The molecule has 0 unspecified atom stereocenters. The van der Waals surface area contributed by atoms with Crippen molar-refractivity contribution in [1.29, 1.82) is 0 Å². The Balaban J connectivity index is 1.59. The fraction of sp³-hybridized carbons (Fsp3) is 0.296. The van der Waals surface area contributed by atoms with Crippen LogP contribution in [-0.2, 0) is 25.7 Å². The van der Waals surface area contributed by atoms with E-state index >= 15 is 0 Å². The van der Waals surface area contributed by atoms with E-state index in [1.54, 1.807) is 50.2 Å². The van der Waals surface area contributed by atoms with Crippen LogP contribution in [-0.4, -0.2) is 30.3 Å². The minimum Gasteiger partial charge on any atom is -0.489 e. The summed E-state index contributed by atoms with van der Waals surface area (Å²) in [5, 5.41) is 5.45. The molecule has 0 bridgehead atoms. The van der Waals surface area contributed by atoms with E-state index in [4.69, 9.17) is 53.5 Å². The summed E-state index contributed by atoms with van der Waals surface area (Å²) in [4.78, 5) is 24.5. The SMILES string of the molecule is CCOC(=O)C(=Cc1ccc(OCc2c(-c3c(Cl)cccc3Cl)noc2C2CC2)cc1Cl)C(=O)OCC. The van der Waals surface area contributed by atoms with E-state index in [0.717, 1.165) is 24.2 Å². The molecule has 0 radical (unpaired) electrons. The lowest BCUT2D eigenvalue weighted by Gasteiger charge is -2.11. The molecule has 1 aliphatic rings. The van der Waals surface area contributed by atoms with Crippen molar-refractivity contribution in [1.82, 2.24) is 5.16 Å². The van der Waals surface area contributed by atoms with E-state index in [0.29, 0.717) is 32.6 Å². The monoisotopic (exact) mass is 563 g/mol. The lowest BCUT2D eigenvalue weighted by atomic mass is 10.0. The highest BCUT2D eigenvalue weighted by molar-refractivity contribution is 6.39. The van der Waals surface area contributed by atoms with Crippen LogP contribution in [0.3, 0.4) is 0 Å². The Kier molecular flexibility index (Phi) is 8.79. The van der Waals surface area contributed by atoms with Gasteiger partial charge in [0.05, 0.1) is 33.8 Å².